The minimum atomic E-state index is -1.46. The molecule has 0 bridgehead atoms. The number of H-pyrrole nitrogens is 3. The van der Waals surface area contributed by atoms with Crippen molar-refractivity contribution in [2.75, 3.05) is 26.2 Å². The molecule has 0 unspecified atom stereocenters. The summed E-state index contributed by atoms with van der Waals surface area (Å²) in [5.74, 6) is -9.24. The summed E-state index contributed by atoms with van der Waals surface area (Å²) in [4.78, 5) is 147. The van der Waals surface area contributed by atoms with Crippen LogP contribution in [-0.4, -0.2) is 151 Å². The summed E-state index contributed by atoms with van der Waals surface area (Å²) in [5, 5.41) is 28.3. The molecule has 0 aromatic carbocycles. The lowest BCUT2D eigenvalue weighted by molar-refractivity contribution is -0.138. The van der Waals surface area contributed by atoms with E-state index in [9.17, 15) is 47.9 Å². The first-order valence-corrected chi connectivity index (χ1v) is 19.4. The molecule has 27 nitrogen and oxygen atoms in total. The van der Waals surface area contributed by atoms with Crippen LogP contribution in [0.5, 0.6) is 0 Å². The van der Waals surface area contributed by atoms with E-state index in [4.69, 9.17) is 16.6 Å². The number of rotatable bonds is 27. The second kappa shape index (κ2) is 25.2. The number of primary amides is 1. The highest BCUT2D eigenvalue weighted by Gasteiger charge is 2.32. The second-order valence-electron chi connectivity index (χ2n) is 14.3. The molecule has 0 radical (unpaired) electrons. The average molecular weight is 885 g/mol. The molecule has 5 atom stereocenters. The van der Waals surface area contributed by atoms with Crippen LogP contribution in [0.3, 0.4) is 0 Å². The van der Waals surface area contributed by atoms with Gasteiger partial charge in [-0.2, -0.15) is 0 Å². The van der Waals surface area contributed by atoms with Crippen LogP contribution in [0.15, 0.2) is 37.6 Å². The van der Waals surface area contributed by atoms with Crippen molar-refractivity contribution in [2.24, 2.45) is 17.4 Å². The van der Waals surface area contributed by atoms with Gasteiger partial charge in [-0.1, -0.05) is 13.8 Å². The fourth-order valence-electron chi connectivity index (χ4n) is 5.69. The highest BCUT2D eigenvalue weighted by molar-refractivity contribution is 5.97. The minimum absolute atomic E-state index is 0.0245. The van der Waals surface area contributed by atoms with Gasteiger partial charge in [-0.15, -0.1) is 0 Å². The van der Waals surface area contributed by atoms with E-state index in [1.54, 1.807) is 13.8 Å². The van der Waals surface area contributed by atoms with E-state index >= 15 is 0 Å². The molecule has 27 heteroatoms. The van der Waals surface area contributed by atoms with Gasteiger partial charge in [-0.25, -0.2) is 15.0 Å². The predicted octanol–water partition coefficient (Wildman–Crippen LogP) is -6.38. The molecular weight excluding hydrogens is 832 g/mol. The van der Waals surface area contributed by atoms with Crippen molar-refractivity contribution in [3.63, 3.8) is 0 Å². The first kappa shape index (κ1) is 49.7. The first-order chi connectivity index (χ1) is 29.9. The van der Waals surface area contributed by atoms with Crippen LogP contribution in [0.1, 0.15) is 43.8 Å². The Morgan fingerprint density at radius 1 is 0.571 bits per heavy atom. The van der Waals surface area contributed by atoms with E-state index in [-0.39, 0.29) is 32.1 Å². The van der Waals surface area contributed by atoms with Crippen molar-refractivity contribution in [1.29, 1.82) is 0 Å². The molecule has 0 fully saturated rings. The van der Waals surface area contributed by atoms with E-state index in [2.05, 4.69) is 72.4 Å². The molecule has 0 saturated heterocycles. The van der Waals surface area contributed by atoms with E-state index in [1.165, 1.54) is 37.6 Å². The molecular formula is C36H52N16O11. The molecule has 3 aromatic rings. The van der Waals surface area contributed by atoms with Gasteiger partial charge in [0, 0.05) is 61.4 Å². The smallest absolute Gasteiger partial charge is 0.322 e. The summed E-state index contributed by atoms with van der Waals surface area (Å²) in [5.41, 5.74) is 12.0. The fraction of sp³-hybridized carbons (Fsp3) is 0.472. The number of nitrogens with one attached hydrogen (secondary N) is 11. The summed E-state index contributed by atoms with van der Waals surface area (Å²) in [6, 6.07) is -6.54. The molecule has 342 valence electrons. The first-order valence-electron chi connectivity index (χ1n) is 19.4. The molecule has 0 saturated carbocycles. The third-order valence-electron chi connectivity index (χ3n) is 8.90. The van der Waals surface area contributed by atoms with Gasteiger partial charge in [0.25, 0.3) is 0 Å². The van der Waals surface area contributed by atoms with E-state index in [0.29, 0.717) is 17.1 Å². The Kier molecular flexibility index (Phi) is 19.8. The highest BCUT2D eigenvalue weighted by Crippen LogP contribution is 2.07. The Morgan fingerprint density at radius 3 is 1.38 bits per heavy atom. The Balaban J connectivity index is 1.67. The number of imidazole rings is 3. The summed E-state index contributed by atoms with van der Waals surface area (Å²) < 4.78 is 0. The number of carboxylic acids is 1. The van der Waals surface area contributed by atoms with Gasteiger partial charge in [0.15, 0.2) is 0 Å². The van der Waals surface area contributed by atoms with Gasteiger partial charge in [0.2, 0.25) is 53.2 Å². The maximum atomic E-state index is 13.6. The molecule has 3 heterocycles. The molecule has 63 heavy (non-hydrogen) atoms. The van der Waals surface area contributed by atoms with Gasteiger partial charge >= 0.3 is 5.97 Å². The average Bonchev–Trinajstić information content (AvgIpc) is 4.06. The molecule has 0 spiro atoms. The van der Waals surface area contributed by atoms with Gasteiger partial charge in [0.05, 0.1) is 38.6 Å². The zero-order valence-electron chi connectivity index (χ0n) is 34.3. The highest BCUT2D eigenvalue weighted by atomic mass is 16.4. The lowest BCUT2D eigenvalue weighted by atomic mass is 10.0. The number of carbonyl (C=O) groups is 10. The summed E-state index contributed by atoms with van der Waals surface area (Å²) >= 11 is 0. The number of aromatic amines is 3. The number of hydrogen-bond acceptors (Lipinski definition) is 14. The van der Waals surface area contributed by atoms with Crippen LogP contribution < -0.4 is 54.0 Å². The maximum absolute atomic E-state index is 13.6. The van der Waals surface area contributed by atoms with Crippen molar-refractivity contribution in [3.8, 4) is 0 Å². The van der Waals surface area contributed by atoms with Crippen molar-refractivity contribution >= 4 is 59.1 Å². The number of nitrogens with two attached hydrogens (primary N) is 2. The Morgan fingerprint density at radius 2 is 0.984 bits per heavy atom. The molecule has 16 N–H and O–H groups in total. The van der Waals surface area contributed by atoms with Gasteiger partial charge in [-0.3, -0.25) is 47.9 Å². The minimum Gasteiger partial charge on any atom is -0.480 e. The molecule has 0 aliphatic carbocycles. The van der Waals surface area contributed by atoms with Gasteiger partial charge in [-0.05, 0) is 12.3 Å². The summed E-state index contributed by atoms with van der Waals surface area (Å²) in [6.45, 7) is 0.716. The van der Waals surface area contributed by atoms with Crippen LogP contribution in [0, 0.1) is 5.92 Å². The zero-order chi connectivity index (χ0) is 46.5. The predicted molar refractivity (Wildman–Crippen MR) is 216 cm³/mol. The van der Waals surface area contributed by atoms with E-state index in [0.717, 1.165) is 0 Å². The van der Waals surface area contributed by atoms with Crippen LogP contribution in [0.2, 0.25) is 0 Å². The third kappa shape index (κ3) is 17.8. The van der Waals surface area contributed by atoms with Crippen molar-refractivity contribution in [2.45, 2.75) is 76.2 Å². The summed E-state index contributed by atoms with van der Waals surface area (Å²) in [6.07, 6.45) is 7.24. The van der Waals surface area contributed by atoms with E-state index < -0.39 is 121 Å². The van der Waals surface area contributed by atoms with E-state index in [1.807, 2.05) is 0 Å². The zero-order valence-corrected chi connectivity index (χ0v) is 34.3. The molecule has 9 amide bonds. The number of hydrogen-bond donors (Lipinski definition) is 14. The van der Waals surface area contributed by atoms with Gasteiger partial charge in [0.1, 0.15) is 36.8 Å². The largest absolute Gasteiger partial charge is 0.480 e. The Labute approximate surface area is 358 Å². The second-order valence-corrected chi connectivity index (χ2v) is 14.3. The Hall–Kier alpha value is -7.71. The van der Waals surface area contributed by atoms with Crippen molar-refractivity contribution in [1.82, 2.24) is 72.4 Å². The molecule has 3 aromatic heterocycles. The number of carbonyl (C=O) groups excluding carboxylic acids is 9. The lowest BCUT2D eigenvalue weighted by Gasteiger charge is -2.25. The number of aliphatic carboxylic acids is 1. The molecule has 0 aliphatic heterocycles. The molecule has 0 aliphatic rings. The monoisotopic (exact) mass is 884 g/mol. The fourth-order valence-corrected chi connectivity index (χ4v) is 5.69. The van der Waals surface area contributed by atoms with Gasteiger partial charge < -0.3 is 74.1 Å². The van der Waals surface area contributed by atoms with Crippen molar-refractivity contribution < 1.29 is 53.1 Å². The molecule has 3 rings (SSSR count). The number of carboxylic acid groups (broad SMARTS) is 1. The van der Waals surface area contributed by atoms with Crippen LogP contribution in [0.25, 0.3) is 0 Å². The third-order valence-corrected chi connectivity index (χ3v) is 8.90. The normalized spacial score (nSPS) is 13.2. The quantitative estimate of drug-likeness (QED) is 0.0339. The number of nitrogens with zero attached hydrogens (tertiary/aromatic N) is 3. The summed E-state index contributed by atoms with van der Waals surface area (Å²) in [7, 11) is 0. The van der Waals surface area contributed by atoms with Crippen LogP contribution in [-0.2, 0) is 67.2 Å². The van der Waals surface area contributed by atoms with Crippen molar-refractivity contribution in [3.05, 3.63) is 54.7 Å². The SMILES string of the molecule is CC(C)[C@H](NC(=O)CNC(=O)[C@H](Cc1cnc[nH]1)NC(=O)[C@H](CCC(N)=O)NC(=O)CNC(=O)[C@H](Cc1cnc[nH]1)NC(=O)CN)C(=O)N[C@@H](Cc1cnc[nH]1)C(=O)NCC(=O)O. The standard InChI is InChI=1S/C36H52N16O11/c1-18(2)31(36(63)51-25(7-21-11-41-17-47-21)34(61)44-14-30(57)58)52-29(56)13-43-33(60)24(6-20-10-40-16-46-20)50-35(62)22(3-4-26(38)53)48-28(55)12-42-32(59)23(49-27(54)8-37)5-19-9-39-15-45-19/h9-11,15-18,22-25,31H,3-8,12-14,37H2,1-2H3,(H2,38,53)(H,39,45)(H,40,46)(H,41,47)(H,42,59)(H,43,60)(H,44,61)(H,48,55)(H,49,54)(H,50,62)(H,51,63)(H,52,56)(H,57,58)/t22-,23-,24-,25-,31-/m0/s1. The lowest BCUT2D eigenvalue weighted by Crippen LogP contribution is -2.58. The van der Waals surface area contributed by atoms with Crippen LogP contribution >= 0.6 is 0 Å². The number of aromatic nitrogens is 6. The Bertz CT molecular complexity index is 2020. The topological polar surface area (TPSA) is 425 Å². The number of amides is 9. The maximum Gasteiger partial charge on any atom is 0.322 e. The van der Waals surface area contributed by atoms with Crippen LogP contribution in [0.4, 0.5) is 0 Å².